The maximum absolute atomic E-state index is 13.6. The van der Waals surface area contributed by atoms with Crippen molar-refractivity contribution in [2.24, 2.45) is 5.73 Å². The first-order valence-electron chi connectivity index (χ1n) is 6.43. The Morgan fingerprint density at radius 2 is 1.85 bits per heavy atom. The number of halogens is 1. The van der Waals surface area contributed by atoms with Crippen LogP contribution in [0, 0.1) is 5.82 Å². The van der Waals surface area contributed by atoms with Gasteiger partial charge < -0.3 is 15.6 Å². The van der Waals surface area contributed by atoms with Crippen LogP contribution in [0.1, 0.15) is 17.2 Å². The first kappa shape index (κ1) is 14.5. The van der Waals surface area contributed by atoms with Gasteiger partial charge >= 0.3 is 0 Å². The van der Waals surface area contributed by atoms with Gasteiger partial charge in [-0.25, -0.2) is 4.39 Å². The summed E-state index contributed by atoms with van der Waals surface area (Å²) in [6, 6.07) is 13.4. The van der Waals surface area contributed by atoms with E-state index >= 15 is 0 Å². The van der Waals surface area contributed by atoms with Crippen LogP contribution in [0.5, 0.6) is 5.75 Å². The molecule has 0 unspecified atom stereocenters. The Morgan fingerprint density at radius 3 is 2.50 bits per heavy atom. The highest BCUT2D eigenvalue weighted by Crippen LogP contribution is 2.29. The summed E-state index contributed by atoms with van der Waals surface area (Å²) in [5.74, 6) is -0.389. The highest BCUT2D eigenvalue weighted by atomic mass is 19.1. The van der Waals surface area contributed by atoms with Gasteiger partial charge in [-0.2, -0.15) is 0 Å². The zero-order valence-corrected chi connectivity index (χ0v) is 11.3. The summed E-state index contributed by atoms with van der Waals surface area (Å²) in [6.45, 7) is 0. The number of aliphatic hydroxyl groups excluding tert-OH is 1. The molecule has 4 heteroatoms. The van der Waals surface area contributed by atoms with Gasteiger partial charge in [0, 0.05) is 12.0 Å². The first-order chi connectivity index (χ1) is 9.63. The summed E-state index contributed by atoms with van der Waals surface area (Å²) >= 11 is 0. The molecule has 20 heavy (non-hydrogen) atoms. The van der Waals surface area contributed by atoms with Crippen LogP contribution in [0.4, 0.5) is 4.39 Å². The van der Waals surface area contributed by atoms with E-state index in [0.717, 1.165) is 5.56 Å². The number of nitrogens with two attached hydrogens (primary N) is 1. The summed E-state index contributed by atoms with van der Waals surface area (Å²) in [5, 5.41) is 10.2. The van der Waals surface area contributed by atoms with Crippen molar-refractivity contribution in [2.75, 3.05) is 7.11 Å². The standard InChI is InChI=1S/C16H18FNO2/c1-20-16-12(8-5-9-13(16)17)15(18)14(19)10-11-6-3-2-4-7-11/h2-9,14-15,19H,10,18H2,1H3/t14-,15+/m0/s1. The molecule has 0 aliphatic rings. The number of hydrogen-bond donors (Lipinski definition) is 2. The summed E-state index contributed by atoms with van der Waals surface area (Å²) in [7, 11) is 1.39. The van der Waals surface area contributed by atoms with E-state index in [1.165, 1.54) is 13.2 Å². The van der Waals surface area contributed by atoms with Gasteiger partial charge in [-0.05, 0) is 11.6 Å². The van der Waals surface area contributed by atoms with E-state index in [1.54, 1.807) is 12.1 Å². The number of ether oxygens (including phenoxy) is 1. The quantitative estimate of drug-likeness (QED) is 0.881. The molecule has 0 spiro atoms. The van der Waals surface area contributed by atoms with Crippen LogP contribution >= 0.6 is 0 Å². The van der Waals surface area contributed by atoms with Crippen molar-refractivity contribution in [3.8, 4) is 5.75 Å². The molecule has 2 rings (SSSR count). The predicted molar refractivity (Wildman–Crippen MR) is 76.0 cm³/mol. The Balaban J connectivity index is 2.18. The second-order valence-corrected chi connectivity index (χ2v) is 4.65. The summed E-state index contributed by atoms with van der Waals surface area (Å²) in [6.07, 6.45) is -0.408. The number of rotatable bonds is 5. The first-order valence-corrected chi connectivity index (χ1v) is 6.43. The highest BCUT2D eigenvalue weighted by Gasteiger charge is 2.22. The molecule has 0 amide bonds. The largest absolute Gasteiger partial charge is 0.493 e. The van der Waals surface area contributed by atoms with Crippen molar-refractivity contribution in [3.05, 3.63) is 65.5 Å². The maximum Gasteiger partial charge on any atom is 0.165 e. The average molecular weight is 275 g/mol. The van der Waals surface area contributed by atoms with Crippen LogP contribution in [0.2, 0.25) is 0 Å². The Labute approximate surface area is 117 Å². The molecule has 0 radical (unpaired) electrons. The third kappa shape index (κ3) is 3.15. The molecule has 0 fully saturated rings. The lowest BCUT2D eigenvalue weighted by Gasteiger charge is -2.21. The monoisotopic (exact) mass is 275 g/mol. The Kier molecular flexibility index (Phi) is 4.71. The van der Waals surface area contributed by atoms with Crippen molar-refractivity contribution in [2.45, 2.75) is 18.6 Å². The molecule has 0 aromatic heterocycles. The number of benzene rings is 2. The van der Waals surface area contributed by atoms with Gasteiger partial charge in [-0.15, -0.1) is 0 Å². The smallest absolute Gasteiger partial charge is 0.165 e. The summed E-state index contributed by atoms with van der Waals surface area (Å²) < 4.78 is 18.7. The molecule has 0 heterocycles. The van der Waals surface area contributed by atoms with Gasteiger partial charge in [0.05, 0.1) is 19.3 Å². The number of para-hydroxylation sites is 1. The number of aliphatic hydroxyl groups is 1. The molecule has 0 bridgehead atoms. The third-order valence-electron chi connectivity index (χ3n) is 3.26. The molecule has 2 atom stereocenters. The van der Waals surface area contributed by atoms with Gasteiger partial charge in [-0.3, -0.25) is 0 Å². The van der Waals surface area contributed by atoms with Crippen molar-refractivity contribution in [1.82, 2.24) is 0 Å². The molecule has 0 aliphatic carbocycles. The van der Waals surface area contributed by atoms with Gasteiger partial charge in [0.25, 0.3) is 0 Å². The fraction of sp³-hybridized carbons (Fsp3) is 0.250. The fourth-order valence-corrected chi connectivity index (χ4v) is 2.19. The molecule has 2 aromatic rings. The molecule has 0 saturated carbocycles. The van der Waals surface area contributed by atoms with Crippen LogP contribution in [-0.2, 0) is 6.42 Å². The van der Waals surface area contributed by atoms with Crippen molar-refractivity contribution >= 4 is 0 Å². The SMILES string of the molecule is COc1c(F)cccc1[C@@H](N)[C@@H](O)Cc1ccccc1. The Hall–Kier alpha value is -1.91. The van der Waals surface area contributed by atoms with Gasteiger partial charge in [-0.1, -0.05) is 42.5 Å². The topological polar surface area (TPSA) is 55.5 Å². The molecular formula is C16H18FNO2. The van der Waals surface area contributed by atoms with Crippen LogP contribution in [-0.4, -0.2) is 18.3 Å². The zero-order valence-electron chi connectivity index (χ0n) is 11.3. The lowest BCUT2D eigenvalue weighted by molar-refractivity contribution is 0.143. The van der Waals surface area contributed by atoms with Crippen LogP contribution in [0.15, 0.2) is 48.5 Å². The average Bonchev–Trinajstić information content (AvgIpc) is 2.47. The minimum atomic E-state index is -0.812. The number of hydrogen-bond acceptors (Lipinski definition) is 3. The molecule has 3 nitrogen and oxygen atoms in total. The third-order valence-corrected chi connectivity index (χ3v) is 3.26. The van der Waals surface area contributed by atoms with Crippen molar-refractivity contribution < 1.29 is 14.2 Å². The Bertz CT molecular complexity index is 560. The normalized spacial score (nSPS) is 13.8. The highest BCUT2D eigenvalue weighted by molar-refractivity contribution is 5.38. The van der Waals surface area contributed by atoms with Crippen molar-refractivity contribution in [3.63, 3.8) is 0 Å². The minimum absolute atomic E-state index is 0.0899. The van der Waals surface area contributed by atoms with E-state index in [0.29, 0.717) is 12.0 Å². The van der Waals surface area contributed by atoms with E-state index in [1.807, 2.05) is 30.3 Å². The molecule has 106 valence electrons. The van der Waals surface area contributed by atoms with Crippen LogP contribution in [0.3, 0.4) is 0 Å². The maximum atomic E-state index is 13.6. The number of methoxy groups -OCH3 is 1. The molecule has 2 aromatic carbocycles. The molecule has 0 aliphatic heterocycles. The minimum Gasteiger partial charge on any atom is -0.493 e. The summed E-state index contributed by atoms with van der Waals surface area (Å²) in [5.41, 5.74) is 7.48. The molecular weight excluding hydrogens is 257 g/mol. The van der Waals surface area contributed by atoms with Crippen LogP contribution in [0.25, 0.3) is 0 Å². The Morgan fingerprint density at radius 1 is 1.15 bits per heavy atom. The zero-order chi connectivity index (χ0) is 14.5. The van der Waals surface area contributed by atoms with Crippen molar-refractivity contribution in [1.29, 1.82) is 0 Å². The van der Waals surface area contributed by atoms with E-state index in [2.05, 4.69) is 0 Å². The van der Waals surface area contributed by atoms with E-state index in [-0.39, 0.29) is 5.75 Å². The second kappa shape index (κ2) is 6.50. The predicted octanol–water partition coefficient (Wildman–Crippen LogP) is 2.44. The summed E-state index contributed by atoms with van der Waals surface area (Å²) in [4.78, 5) is 0. The second-order valence-electron chi connectivity index (χ2n) is 4.65. The van der Waals surface area contributed by atoms with E-state index in [9.17, 15) is 9.50 Å². The van der Waals surface area contributed by atoms with E-state index in [4.69, 9.17) is 10.5 Å². The lowest BCUT2D eigenvalue weighted by atomic mass is 9.96. The van der Waals surface area contributed by atoms with Gasteiger partial charge in [0.2, 0.25) is 0 Å². The fourth-order valence-electron chi connectivity index (χ4n) is 2.19. The van der Waals surface area contributed by atoms with Gasteiger partial charge in [0.15, 0.2) is 11.6 Å². The molecule has 3 N–H and O–H groups in total. The van der Waals surface area contributed by atoms with Gasteiger partial charge in [0.1, 0.15) is 0 Å². The van der Waals surface area contributed by atoms with Crippen LogP contribution < -0.4 is 10.5 Å². The lowest BCUT2D eigenvalue weighted by Crippen LogP contribution is -2.28. The molecule has 0 saturated heterocycles. The van der Waals surface area contributed by atoms with E-state index < -0.39 is 18.0 Å².